The maximum Gasteiger partial charge on any atom is 0.272 e. The van der Waals surface area contributed by atoms with Crippen LogP contribution in [0.2, 0.25) is 0 Å². The average Bonchev–Trinajstić information content (AvgIpc) is 3.36. The number of hydrogen-bond acceptors (Lipinski definition) is 6. The van der Waals surface area contributed by atoms with E-state index < -0.39 is 4.92 Å². The molecule has 8 nitrogen and oxygen atoms in total. The molecule has 1 aliphatic heterocycles. The molecule has 29 heavy (non-hydrogen) atoms. The molecule has 0 N–H and O–H groups in total. The maximum atomic E-state index is 13.4. The van der Waals surface area contributed by atoms with Crippen molar-refractivity contribution < 1.29 is 14.5 Å². The van der Waals surface area contributed by atoms with Crippen LogP contribution in [0.15, 0.2) is 47.8 Å². The fraction of sp³-hybridized carbons (Fsp3) is 0.300. The van der Waals surface area contributed by atoms with E-state index in [1.807, 2.05) is 31.4 Å². The van der Waals surface area contributed by atoms with Gasteiger partial charge in [-0.1, -0.05) is 12.1 Å². The zero-order chi connectivity index (χ0) is 20.5. The van der Waals surface area contributed by atoms with Gasteiger partial charge in [-0.15, -0.1) is 11.3 Å². The molecule has 0 spiro atoms. The van der Waals surface area contributed by atoms with E-state index in [4.69, 9.17) is 4.74 Å². The molecule has 4 rings (SSSR count). The van der Waals surface area contributed by atoms with Crippen LogP contribution in [0.25, 0.3) is 16.3 Å². The Labute approximate surface area is 171 Å². The van der Waals surface area contributed by atoms with Crippen molar-refractivity contribution in [3.63, 3.8) is 0 Å². The molecule has 1 fully saturated rings. The van der Waals surface area contributed by atoms with Crippen LogP contribution < -0.4 is 0 Å². The van der Waals surface area contributed by atoms with Crippen molar-refractivity contribution in [3.8, 4) is 16.3 Å². The molecule has 2 aromatic heterocycles. The smallest absolute Gasteiger partial charge is 0.272 e. The molecular formula is C20H20N4O4S. The van der Waals surface area contributed by atoms with Gasteiger partial charge >= 0.3 is 0 Å². The van der Waals surface area contributed by atoms with Crippen LogP contribution in [-0.4, -0.2) is 50.8 Å². The summed E-state index contributed by atoms with van der Waals surface area (Å²) in [5.74, 6) is -0.172. The molecule has 1 saturated heterocycles. The molecule has 1 amide bonds. The predicted octanol–water partition coefficient (Wildman–Crippen LogP) is 3.76. The van der Waals surface area contributed by atoms with Crippen LogP contribution in [0.3, 0.4) is 0 Å². The number of nitro groups is 1. The summed E-state index contributed by atoms with van der Waals surface area (Å²) in [4.78, 5) is 26.8. The number of rotatable bonds is 4. The van der Waals surface area contributed by atoms with E-state index in [1.54, 1.807) is 23.1 Å². The van der Waals surface area contributed by atoms with Crippen molar-refractivity contribution in [3.05, 3.63) is 63.7 Å². The van der Waals surface area contributed by atoms with Gasteiger partial charge in [-0.25, -0.2) is 4.68 Å². The highest BCUT2D eigenvalue weighted by molar-refractivity contribution is 7.13. The van der Waals surface area contributed by atoms with E-state index in [-0.39, 0.29) is 23.8 Å². The summed E-state index contributed by atoms with van der Waals surface area (Å²) >= 11 is 1.52. The minimum atomic E-state index is -0.458. The number of hydrogen-bond donors (Lipinski definition) is 0. The van der Waals surface area contributed by atoms with Gasteiger partial charge in [-0.05, 0) is 37.4 Å². The first-order valence-electron chi connectivity index (χ1n) is 9.26. The van der Waals surface area contributed by atoms with Crippen LogP contribution in [0.5, 0.6) is 0 Å². The number of carbonyl (C=O) groups excluding carboxylic acids is 1. The Morgan fingerprint density at radius 3 is 2.62 bits per heavy atom. The fourth-order valence-corrected chi connectivity index (χ4v) is 4.20. The van der Waals surface area contributed by atoms with E-state index in [9.17, 15) is 14.9 Å². The Kier molecular flexibility index (Phi) is 5.16. The number of amides is 1. The van der Waals surface area contributed by atoms with Gasteiger partial charge in [0.2, 0.25) is 0 Å². The summed E-state index contributed by atoms with van der Waals surface area (Å²) in [6, 6.07) is 11.7. The van der Waals surface area contributed by atoms with Gasteiger partial charge in [0, 0.05) is 25.2 Å². The molecule has 2 unspecified atom stereocenters. The summed E-state index contributed by atoms with van der Waals surface area (Å²) in [6.07, 6.45) is -0.123. The SMILES string of the molecule is CC1CN(C(=O)c2cc(-c3cccs3)nn2-c2cccc([N+](=O)[O-])c2)CC(C)O1. The first-order chi connectivity index (χ1) is 13.9. The lowest BCUT2D eigenvalue weighted by Crippen LogP contribution is -2.48. The number of carbonyl (C=O) groups is 1. The second kappa shape index (κ2) is 7.76. The van der Waals surface area contributed by atoms with E-state index in [1.165, 1.54) is 28.2 Å². The van der Waals surface area contributed by atoms with Crippen molar-refractivity contribution in [1.82, 2.24) is 14.7 Å². The highest BCUT2D eigenvalue weighted by Gasteiger charge is 2.29. The summed E-state index contributed by atoms with van der Waals surface area (Å²) in [7, 11) is 0. The number of ether oxygens (including phenoxy) is 1. The minimum absolute atomic E-state index is 0.0531. The predicted molar refractivity (Wildman–Crippen MR) is 109 cm³/mol. The normalized spacial score (nSPS) is 19.3. The molecule has 2 atom stereocenters. The summed E-state index contributed by atoms with van der Waals surface area (Å²) in [6.45, 7) is 4.84. The number of nitro benzene ring substituents is 1. The first kappa shape index (κ1) is 19.3. The Bertz CT molecular complexity index is 1040. The molecule has 150 valence electrons. The number of aromatic nitrogens is 2. The third-order valence-corrected chi connectivity index (χ3v) is 5.59. The Balaban J connectivity index is 1.79. The van der Waals surface area contributed by atoms with E-state index in [0.717, 1.165) is 4.88 Å². The van der Waals surface area contributed by atoms with Crippen LogP contribution in [0, 0.1) is 10.1 Å². The lowest BCUT2D eigenvalue weighted by atomic mass is 10.2. The van der Waals surface area contributed by atoms with Crippen LogP contribution in [0.4, 0.5) is 5.69 Å². The first-order valence-corrected chi connectivity index (χ1v) is 10.1. The van der Waals surface area contributed by atoms with Crippen LogP contribution >= 0.6 is 11.3 Å². The number of thiophene rings is 1. The molecule has 1 aromatic carbocycles. The molecule has 0 saturated carbocycles. The van der Waals surface area contributed by atoms with Gasteiger partial charge in [0.15, 0.2) is 0 Å². The summed E-state index contributed by atoms with van der Waals surface area (Å²) in [5.41, 5.74) is 1.45. The second-order valence-corrected chi connectivity index (χ2v) is 8.00. The third-order valence-electron chi connectivity index (χ3n) is 4.69. The average molecular weight is 412 g/mol. The van der Waals surface area contributed by atoms with Crippen LogP contribution in [0.1, 0.15) is 24.3 Å². The second-order valence-electron chi connectivity index (χ2n) is 7.05. The van der Waals surface area contributed by atoms with Gasteiger partial charge in [-0.2, -0.15) is 5.10 Å². The molecule has 0 aliphatic carbocycles. The monoisotopic (exact) mass is 412 g/mol. The van der Waals surface area contributed by atoms with Gasteiger partial charge in [-0.3, -0.25) is 14.9 Å². The summed E-state index contributed by atoms with van der Waals surface area (Å²) < 4.78 is 7.23. The van der Waals surface area contributed by atoms with Crippen molar-refractivity contribution >= 4 is 22.9 Å². The highest BCUT2D eigenvalue weighted by atomic mass is 32.1. The van der Waals surface area contributed by atoms with Gasteiger partial charge in [0.25, 0.3) is 11.6 Å². The largest absolute Gasteiger partial charge is 0.372 e. The molecule has 3 aromatic rings. The third kappa shape index (κ3) is 3.92. The fourth-order valence-electron chi connectivity index (χ4n) is 3.52. The Hall–Kier alpha value is -3.04. The minimum Gasteiger partial charge on any atom is -0.372 e. The van der Waals surface area contributed by atoms with Crippen LogP contribution in [-0.2, 0) is 4.74 Å². The maximum absolute atomic E-state index is 13.4. The quantitative estimate of drug-likeness (QED) is 0.481. The van der Waals surface area contributed by atoms with Crippen molar-refractivity contribution in [2.45, 2.75) is 26.1 Å². The Morgan fingerprint density at radius 1 is 1.21 bits per heavy atom. The van der Waals surface area contributed by atoms with Gasteiger partial charge in [0.1, 0.15) is 11.4 Å². The zero-order valence-electron chi connectivity index (χ0n) is 16.0. The number of benzene rings is 1. The molecule has 9 heteroatoms. The number of morpholine rings is 1. The molecular weight excluding hydrogens is 392 g/mol. The molecule has 3 heterocycles. The lowest BCUT2D eigenvalue weighted by Gasteiger charge is -2.35. The Morgan fingerprint density at radius 2 is 1.97 bits per heavy atom. The van der Waals surface area contributed by atoms with E-state index >= 15 is 0 Å². The molecule has 1 aliphatic rings. The van der Waals surface area contributed by atoms with Gasteiger partial charge < -0.3 is 9.64 Å². The standard InChI is InChI=1S/C20H20N4O4S/c1-13-11-22(12-14(2)28-13)20(25)18-10-17(19-7-4-8-29-19)21-23(18)15-5-3-6-16(9-15)24(26)27/h3-10,13-14H,11-12H2,1-2H3. The number of nitrogens with zero attached hydrogens (tertiary/aromatic N) is 4. The van der Waals surface area contributed by atoms with E-state index in [2.05, 4.69) is 5.10 Å². The topological polar surface area (TPSA) is 90.5 Å². The van der Waals surface area contributed by atoms with Crippen molar-refractivity contribution in [2.75, 3.05) is 13.1 Å². The lowest BCUT2D eigenvalue weighted by molar-refractivity contribution is -0.384. The van der Waals surface area contributed by atoms with Gasteiger partial charge in [0.05, 0.1) is 27.7 Å². The molecule has 0 radical (unpaired) electrons. The zero-order valence-corrected chi connectivity index (χ0v) is 16.8. The van der Waals surface area contributed by atoms with E-state index in [0.29, 0.717) is 30.2 Å². The molecule has 0 bridgehead atoms. The van der Waals surface area contributed by atoms with Crippen molar-refractivity contribution in [2.24, 2.45) is 0 Å². The van der Waals surface area contributed by atoms with Crippen molar-refractivity contribution in [1.29, 1.82) is 0 Å². The highest BCUT2D eigenvalue weighted by Crippen LogP contribution is 2.28. The number of non-ortho nitro benzene ring substituents is 1. The summed E-state index contributed by atoms with van der Waals surface area (Å²) in [5, 5.41) is 17.7.